The summed E-state index contributed by atoms with van der Waals surface area (Å²) in [4.78, 5) is 23.2. The van der Waals surface area contributed by atoms with Gasteiger partial charge in [-0.3, -0.25) is 4.79 Å². The Morgan fingerprint density at radius 1 is 1.15 bits per heavy atom. The lowest BCUT2D eigenvalue weighted by Gasteiger charge is -2.15. The molecule has 2 N–H and O–H groups in total. The summed E-state index contributed by atoms with van der Waals surface area (Å²) in [6.45, 7) is 5.01. The van der Waals surface area contributed by atoms with Crippen molar-refractivity contribution in [2.45, 2.75) is 52.0 Å². The van der Waals surface area contributed by atoms with Crippen LogP contribution in [0, 0.1) is 0 Å². The molecule has 0 spiro atoms. The highest BCUT2D eigenvalue weighted by Crippen LogP contribution is 2.34. The molecule has 0 saturated carbocycles. The predicted molar refractivity (Wildman–Crippen MR) is 97.2 cm³/mol. The van der Waals surface area contributed by atoms with Gasteiger partial charge in [0.25, 0.3) is 0 Å². The third kappa shape index (κ3) is 6.46. The molecule has 1 aliphatic rings. The Labute approximate surface area is 154 Å². The normalized spacial score (nSPS) is 13.2. The fourth-order valence-electron chi connectivity index (χ4n) is 2.70. The molecule has 0 bridgehead atoms. The Balaban J connectivity index is 1.56. The van der Waals surface area contributed by atoms with E-state index in [0.717, 1.165) is 37.0 Å². The van der Waals surface area contributed by atoms with Gasteiger partial charge in [0.05, 0.1) is 12.6 Å². The summed E-state index contributed by atoms with van der Waals surface area (Å²) in [5.74, 6) is 1.30. The number of nitrogens with one attached hydrogen (secondary N) is 2. The van der Waals surface area contributed by atoms with Crippen LogP contribution >= 0.6 is 0 Å². The van der Waals surface area contributed by atoms with Gasteiger partial charge < -0.3 is 24.8 Å². The Morgan fingerprint density at radius 3 is 2.73 bits per heavy atom. The van der Waals surface area contributed by atoms with Gasteiger partial charge in [-0.2, -0.15) is 0 Å². The first-order valence-corrected chi connectivity index (χ1v) is 9.19. The molecule has 0 saturated heterocycles. The molecule has 0 aliphatic carbocycles. The smallest absolute Gasteiger partial charge is 0.315 e. The number of benzene rings is 1. The maximum absolute atomic E-state index is 12.0. The highest BCUT2D eigenvalue weighted by Gasteiger charge is 2.16. The first-order chi connectivity index (χ1) is 12.6. The van der Waals surface area contributed by atoms with Crippen molar-refractivity contribution < 1.29 is 23.8 Å². The zero-order chi connectivity index (χ0) is 18.8. The van der Waals surface area contributed by atoms with Crippen LogP contribution in [0.2, 0.25) is 0 Å². The first kappa shape index (κ1) is 19.9. The van der Waals surface area contributed by atoms with Crippen molar-refractivity contribution in [3.8, 4) is 11.5 Å². The van der Waals surface area contributed by atoms with E-state index in [1.54, 1.807) is 0 Å². The summed E-state index contributed by atoms with van der Waals surface area (Å²) >= 11 is 0. The molecule has 1 aromatic rings. The van der Waals surface area contributed by atoms with Crippen molar-refractivity contribution in [1.29, 1.82) is 0 Å². The van der Waals surface area contributed by atoms with Gasteiger partial charge in [-0.05, 0) is 44.4 Å². The molecule has 1 heterocycles. The molecule has 144 valence electrons. The Morgan fingerprint density at radius 2 is 1.92 bits per heavy atom. The predicted octanol–water partition coefficient (Wildman–Crippen LogP) is 3.29. The molecule has 26 heavy (non-hydrogen) atoms. The van der Waals surface area contributed by atoms with Gasteiger partial charge in [0, 0.05) is 13.0 Å². The molecule has 1 atom stereocenters. The van der Waals surface area contributed by atoms with Crippen LogP contribution in [0.15, 0.2) is 18.2 Å². The standard InChI is InChI=1S/C19H28N2O5/c1-3-24-18(22)8-6-4-5-7-11-20-19(23)21-14(2)15-9-10-16-17(12-15)26-13-25-16/h9-10,12,14H,3-8,11,13H2,1-2H3,(H2,20,21,23). The Kier molecular flexibility index (Phi) is 8.05. The highest BCUT2D eigenvalue weighted by molar-refractivity contribution is 5.74. The number of amides is 2. The van der Waals surface area contributed by atoms with Crippen LogP contribution in [0.25, 0.3) is 0 Å². The largest absolute Gasteiger partial charge is 0.466 e. The monoisotopic (exact) mass is 364 g/mol. The van der Waals surface area contributed by atoms with Crippen LogP contribution in [-0.4, -0.2) is 31.9 Å². The second kappa shape index (κ2) is 10.5. The van der Waals surface area contributed by atoms with E-state index in [1.807, 2.05) is 32.0 Å². The van der Waals surface area contributed by atoms with E-state index in [2.05, 4.69) is 10.6 Å². The maximum Gasteiger partial charge on any atom is 0.315 e. The molecule has 1 aliphatic heterocycles. The van der Waals surface area contributed by atoms with Crippen molar-refractivity contribution in [1.82, 2.24) is 10.6 Å². The molecule has 1 unspecified atom stereocenters. The summed E-state index contributed by atoms with van der Waals surface area (Å²) in [7, 11) is 0. The van der Waals surface area contributed by atoms with Crippen molar-refractivity contribution in [2.75, 3.05) is 19.9 Å². The van der Waals surface area contributed by atoms with Crippen LogP contribution in [0.5, 0.6) is 11.5 Å². The summed E-state index contributed by atoms with van der Waals surface area (Å²) < 4.78 is 15.5. The van der Waals surface area contributed by atoms with E-state index in [0.29, 0.717) is 25.3 Å². The third-order valence-corrected chi connectivity index (χ3v) is 4.14. The van der Waals surface area contributed by atoms with Crippen molar-refractivity contribution >= 4 is 12.0 Å². The third-order valence-electron chi connectivity index (χ3n) is 4.14. The Hall–Kier alpha value is -2.44. The zero-order valence-corrected chi connectivity index (χ0v) is 15.5. The lowest BCUT2D eigenvalue weighted by Crippen LogP contribution is -2.37. The van der Waals surface area contributed by atoms with Gasteiger partial charge in [-0.25, -0.2) is 4.79 Å². The van der Waals surface area contributed by atoms with E-state index >= 15 is 0 Å². The molecule has 0 radical (unpaired) electrons. The molecule has 0 aromatic heterocycles. The molecule has 0 fully saturated rings. The number of carbonyl (C=O) groups excluding carboxylic acids is 2. The van der Waals surface area contributed by atoms with Crippen molar-refractivity contribution in [3.05, 3.63) is 23.8 Å². The van der Waals surface area contributed by atoms with Crippen LogP contribution in [0.4, 0.5) is 4.79 Å². The van der Waals surface area contributed by atoms with Crippen LogP contribution in [0.1, 0.15) is 57.6 Å². The number of ether oxygens (including phenoxy) is 3. The maximum atomic E-state index is 12.0. The quantitative estimate of drug-likeness (QED) is 0.491. The van der Waals surface area contributed by atoms with E-state index in [9.17, 15) is 9.59 Å². The molecule has 7 heteroatoms. The lowest BCUT2D eigenvalue weighted by molar-refractivity contribution is -0.143. The topological polar surface area (TPSA) is 85.9 Å². The van der Waals surface area contributed by atoms with Gasteiger partial charge in [-0.1, -0.05) is 18.9 Å². The fourth-order valence-corrected chi connectivity index (χ4v) is 2.70. The van der Waals surface area contributed by atoms with E-state index in [4.69, 9.17) is 14.2 Å². The van der Waals surface area contributed by atoms with Gasteiger partial charge in [0.1, 0.15) is 0 Å². The lowest BCUT2D eigenvalue weighted by atomic mass is 10.1. The number of fused-ring (bicyclic) bond motifs is 1. The van der Waals surface area contributed by atoms with Crippen LogP contribution < -0.4 is 20.1 Å². The molecular weight excluding hydrogens is 336 g/mol. The summed E-state index contributed by atoms with van der Waals surface area (Å²) in [5.41, 5.74) is 0.961. The number of hydrogen-bond acceptors (Lipinski definition) is 5. The van der Waals surface area contributed by atoms with Gasteiger partial charge in [-0.15, -0.1) is 0 Å². The molecule has 1 aromatic carbocycles. The molecular formula is C19H28N2O5. The first-order valence-electron chi connectivity index (χ1n) is 9.19. The van der Waals surface area contributed by atoms with Crippen LogP contribution in [-0.2, 0) is 9.53 Å². The number of unbranched alkanes of at least 4 members (excludes halogenated alkanes) is 3. The number of carbonyl (C=O) groups is 2. The average Bonchev–Trinajstić information content (AvgIpc) is 3.08. The fraction of sp³-hybridized carbons (Fsp3) is 0.579. The second-order valence-electron chi connectivity index (χ2n) is 6.20. The molecule has 2 amide bonds. The van der Waals surface area contributed by atoms with Crippen molar-refractivity contribution in [2.24, 2.45) is 0 Å². The minimum Gasteiger partial charge on any atom is -0.466 e. The van der Waals surface area contributed by atoms with E-state index in [-0.39, 0.29) is 24.8 Å². The van der Waals surface area contributed by atoms with E-state index in [1.165, 1.54) is 0 Å². The highest BCUT2D eigenvalue weighted by atomic mass is 16.7. The minimum absolute atomic E-state index is 0.130. The second-order valence-corrected chi connectivity index (χ2v) is 6.20. The summed E-state index contributed by atoms with van der Waals surface area (Å²) in [6, 6.07) is 5.33. The number of rotatable bonds is 10. The van der Waals surface area contributed by atoms with Gasteiger partial charge in [0.15, 0.2) is 11.5 Å². The van der Waals surface area contributed by atoms with E-state index < -0.39 is 0 Å². The molecule has 7 nitrogen and oxygen atoms in total. The molecule has 2 rings (SSSR count). The van der Waals surface area contributed by atoms with Gasteiger partial charge >= 0.3 is 12.0 Å². The van der Waals surface area contributed by atoms with Gasteiger partial charge in [0.2, 0.25) is 6.79 Å². The summed E-state index contributed by atoms with van der Waals surface area (Å²) in [5, 5.41) is 5.77. The van der Waals surface area contributed by atoms with Crippen molar-refractivity contribution in [3.63, 3.8) is 0 Å². The average molecular weight is 364 g/mol. The number of hydrogen-bond donors (Lipinski definition) is 2. The summed E-state index contributed by atoms with van der Waals surface area (Å²) in [6.07, 6.45) is 4.10. The Bertz CT molecular complexity index is 606. The zero-order valence-electron chi connectivity index (χ0n) is 15.5. The minimum atomic E-state index is -0.193. The number of urea groups is 1. The van der Waals surface area contributed by atoms with Crippen LogP contribution in [0.3, 0.4) is 0 Å². The number of esters is 1. The SMILES string of the molecule is CCOC(=O)CCCCCCNC(=O)NC(C)c1ccc2c(c1)OCO2.